The zero-order chi connectivity index (χ0) is 16.0. The molecule has 1 saturated heterocycles. The molecule has 5 fully saturated rings. The van der Waals surface area contributed by atoms with Crippen LogP contribution in [0.3, 0.4) is 0 Å². The Bertz CT molecular complexity index is 426. The first-order chi connectivity index (χ1) is 11.0. The van der Waals surface area contributed by atoms with Crippen molar-refractivity contribution in [2.45, 2.75) is 51.5 Å². The van der Waals surface area contributed by atoms with Gasteiger partial charge in [-0.05, 0) is 75.7 Å². The number of halogens is 1. The molecule has 5 aliphatic rings. The summed E-state index contributed by atoms with van der Waals surface area (Å²) in [7, 11) is 2.16. The molecule has 5 heteroatoms. The number of piperazine rings is 1. The van der Waals surface area contributed by atoms with Gasteiger partial charge in [0, 0.05) is 32.2 Å². The molecule has 0 spiro atoms. The van der Waals surface area contributed by atoms with Crippen LogP contribution in [-0.4, -0.2) is 61.5 Å². The van der Waals surface area contributed by atoms with Crippen molar-refractivity contribution in [3.8, 4) is 0 Å². The van der Waals surface area contributed by atoms with Gasteiger partial charge in [-0.1, -0.05) is 0 Å². The minimum Gasteiger partial charge on any atom is -0.352 e. The molecule has 1 atom stereocenters. The number of hydrogen-bond acceptors (Lipinski definition) is 3. The average molecular weight is 356 g/mol. The maximum Gasteiger partial charge on any atom is 0.234 e. The van der Waals surface area contributed by atoms with Crippen molar-refractivity contribution in [2.24, 2.45) is 23.2 Å². The van der Waals surface area contributed by atoms with Gasteiger partial charge in [-0.2, -0.15) is 0 Å². The summed E-state index contributed by atoms with van der Waals surface area (Å²) in [6.45, 7) is 7.08. The zero-order valence-electron chi connectivity index (χ0n) is 15.3. The van der Waals surface area contributed by atoms with Crippen molar-refractivity contribution in [2.75, 3.05) is 39.8 Å². The predicted octanol–water partition coefficient (Wildman–Crippen LogP) is 2.38. The van der Waals surface area contributed by atoms with Gasteiger partial charge in [0.2, 0.25) is 5.91 Å². The topological polar surface area (TPSA) is 35.6 Å². The Hall–Kier alpha value is -0.320. The molecule has 0 radical (unpaired) electrons. The molecule has 4 nitrogen and oxygen atoms in total. The molecule has 1 amide bonds. The SMILES string of the molecule is CC(NC(=O)CN1CCN(C)CC1)C12CC3CC(CC(C3)C1)C2.Cl. The molecule has 24 heavy (non-hydrogen) atoms. The number of hydrogen-bond donors (Lipinski definition) is 1. The van der Waals surface area contributed by atoms with Gasteiger partial charge in [0.05, 0.1) is 6.54 Å². The van der Waals surface area contributed by atoms with Crippen LogP contribution >= 0.6 is 12.4 Å². The van der Waals surface area contributed by atoms with Crippen molar-refractivity contribution in [3.05, 3.63) is 0 Å². The molecule has 138 valence electrons. The van der Waals surface area contributed by atoms with Gasteiger partial charge in [-0.25, -0.2) is 0 Å². The number of carbonyl (C=O) groups is 1. The predicted molar refractivity (Wildman–Crippen MR) is 99.4 cm³/mol. The van der Waals surface area contributed by atoms with E-state index in [0.717, 1.165) is 43.9 Å². The molecule has 0 aromatic rings. The van der Waals surface area contributed by atoms with Crippen molar-refractivity contribution in [1.29, 1.82) is 0 Å². The maximum atomic E-state index is 12.5. The highest BCUT2D eigenvalue weighted by molar-refractivity contribution is 5.85. The molecule has 1 unspecified atom stereocenters. The van der Waals surface area contributed by atoms with Crippen LogP contribution in [0, 0.1) is 23.2 Å². The number of nitrogens with one attached hydrogen (secondary N) is 1. The molecule has 0 aromatic carbocycles. The highest BCUT2D eigenvalue weighted by Crippen LogP contribution is 2.61. The van der Waals surface area contributed by atoms with E-state index in [2.05, 4.69) is 29.1 Å². The molecule has 1 N–H and O–H groups in total. The van der Waals surface area contributed by atoms with Crippen LogP contribution in [0.5, 0.6) is 0 Å². The van der Waals surface area contributed by atoms with Crippen molar-refractivity contribution in [3.63, 3.8) is 0 Å². The van der Waals surface area contributed by atoms with Crippen LogP contribution in [0.15, 0.2) is 0 Å². The Labute approximate surface area is 153 Å². The Balaban J connectivity index is 0.00000169. The quantitative estimate of drug-likeness (QED) is 0.841. The molecule has 1 aliphatic heterocycles. The van der Waals surface area contributed by atoms with Crippen LogP contribution < -0.4 is 5.32 Å². The number of carbonyl (C=O) groups excluding carboxylic acids is 1. The lowest BCUT2D eigenvalue weighted by Crippen LogP contribution is -2.57. The summed E-state index contributed by atoms with van der Waals surface area (Å²) in [4.78, 5) is 17.2. The molecule has 4 aliphatic carbocycles. The minimum absolute atomic E-state index is 0. The van der Waals surface area contributed by atoms with E-state index >= 15 is 0 Å². The van der Waals surface area contributed by atoms with E-state index in [9.17, 15) is 4.79 Å². The number of rotatable bonds is 4. The van der Waals surface area contributed by atoms with Gasteiger partial charge >= 0.3 is 0 Å². The largest absolute Gasteiger partial charge is 0.352 e. The van der Waals surface area contributed by atoms with E-state index in [0.29, 0.717) is 18.0 Å². The average Bonchev–Trinajstić information content (AvgIpc) is 2.48. The van der Waals surface area contributed by atoms with Gasteiger partial charge in [0.15, 0.2) is 0 Å². The van der Waals surface area contributed by atoms with E-state index < -0.39 is 0 Å². The third-order valence-electron chi connectivity index (χ3n) is 7.34. The first kappa shape index (κ1) is 18.5. The highest BCUT2D eigenvalue weighted by Gasteiger charge is 2.53. The Morgan fingerprint density at radius 2 is 1.54 bits per heavy atom. The summed E-state index contributed by atoms with van der Waals surface area (Å²) in [5, 5.41) is 3.40. The van der Waals surface area contributed by atoms with Gasteiger partial charge < -0.3 is 10.2 Å². The zero-order valence-corrected chi connectivity index (χ0v) is 16.1. The van der Waals surface area contributed by atoms with Crippen molar-refractivity contribution >= 4 is 18.3 Å². The molecule has 0 aromatic heterocycles. The second kappa shape index (κ2) is 7.13. The van der Waals surface area contributed by atoms with E-state index in [4.69, 9.17) is 0 Å². The molecular formula is C19H34ClN3O. The summed E-state index contributed by atoms with van der Waals surface area (Å²) in [5.41, 5.74) is 0.423. The van der Waals surface area contributed by atoms with E-state index in [-0.39, 0.29) is 18.3 Å². The lowest BCUT2D eigenvalue weighted by atomic mass is 9.48. The molecule has 4 bridgehead atoms. The fraction of sp³-hybridized carbons (Fsp3) is 0.947. The summed E-state index contributed by atoms with van der Waals surface area (Å²) in [6, 6.07) is 0.357. The smallest absolute Gasteiger partial charge is 0.234 e. The lowest BCUT2D eigenvalue weighted by Gasteiger charge is -2.59. The second-order valence-corrected chi connectivity index (χ2v) is 9.15. The van der Waals surface area contributed by atoms with Crippen LogP contribution in [0.4, 0.5) is 0 Å². The summed E-state index contributed by atoms with van der Waals surface area (Å²) < 4.78 is 0. The third-order valence-corrected chi connectivity index (χ3v) is 7.34. The van der Waals surface area contributed by atoms with E-state index in [1.807, 2.05) is 0 Å². The summed E-state index contributed by atoms with van der Waals surface area (Å²) >= 11 is 0. The monoisotopic (exact) mass is 355 g/mol. The van der Waals surface area contributed by atoms with Crippen molar-refractivity contribution < 1.29 is 4.79 Å². The van der Waals surface area contributed by atoms with Crippen molar-refractivity contribution in [1.82, 2.24) is 15.1 Å². The Kier molecular flexibility index (Phi) is 5.48. The van der Waals surface area contributed by atoms with Gasteiger partial charge in [0.1, 0.15) is 0 Å². The van der Waals surface area contributed by atoms with Crippen LogP contribution in [0.25, 0.3) is 0 Å². The molecular weight excluding hydrogens is 322 g/mol. The standard InChI is InChI=1S/C19H33N3O.ClH/c1-14(20-18(23)13-22-5-3-21(2)4-6-22)19-10-15-7-16(11-19)9-17(8-15)12-19;/h14-17H,3-13H2,1-2H3,(H,20,23);1H. The number of nitrogens with zero attached hydrogens (tertiary/aromatic N) is 2. The van der Waals surface area contributed by atoms with Crippen LogP contribution in [0.1, 0.15) is 45.4 Å². The second-order valence-electron chi connectivity index (χ2n) is 9.15. The van der Waals surface area contributed by atoms with Gasteiger partial charge in [0.25, 0.3) is 0 Å². The Morgan fingerprint density at radius 1 is 1.04 bits per heavy atom. The third kappa shape index (κ3) is 3.61. The Morgan fingerprint density at radius 3 is 2.04 bits per heavy atom. The van der Waals surface area contributed by atoms with Gasteiger partial charge in [-0.3, -0.25) is 9.69 Å². The normalized spacial score (nSPS) is 40.2. The minimum atomic E-state index is 0. The fourth-order valence-electron chi connectivity index (χ4n) is 6.36. The summed E-state index contributed by atoms with van der Waals surface area (Å²) in [6.07, 6.45) is 8.53. The molecule has 1 heterocycles. The van der Waals surface area contributed by atoms with E-state index in [1.54, 1.807) is 0 Å². The molecule has 4 saturated carbocycles. The highest BCUT2D eigenvalue weighted by atomic mass is 35.5. The first-order valence-electron chi connectivity index (χ1n) is 9.73. The first-order valence-corrected chi connectivity index (χ1v) is 9.73. The maximum absolute atomic E-state index is 12.5. The fourth-order valence-corrected chi connectivity index (χ4v) is 6.36. The lowest BCUT2D eigenvalue weighted by molar-refractivity contribution is -0.127. The summed E-state index contributed by atoms with van der Waals surface area (Å²) in [5.74, 6) is 3.12. The van der Waals surface area contributed by atoms with Gasteiger partial charge in [-0.15, -0.1) is 12.4 Å². The number of amides is 1. The van der Waals surface area contributed by atoms with E-state index in [1.165, 1.54) is 38.5 Å². The van der Waals surface area contributed by atoms with Crippen LogP contribution in [0.2, 0.25) is 0 Å². The molecule has 5 rings (SSSR count). The number of likely N-dealkylation sites (N-methyl/N-ethyl adjacent to an activating group) is 1. The van der Waals surface area contributed by atoms with Crippen LogP contribution in [-0.2, 0) is 4.79 Å².